The number of halogens is 1. The fourth-order valence-electron chi connectivity index (χ4n) is 5.20. The van der Waals surface area contributed by atoms with E-state index in [0.29, 0.717) is 23.1 Å². The van der Waals surface area contributed by atoms with E-state index in [0.717, 1.165) is 40.6 Å². The maximum Gasteiger partial charge on any atom is 0.247 e. The van der Waals surface area contributed by atoms with Gasteiger partial charge in [-0.2, -0.15) is 0 Å². The van der Waals surface area contributed by atoms with E-state index in [9.17, 15) is 14.5 Å². The molecule has 0 saturated heterocycles. The molecule has 3 unspecified atom stereocenters. The highest BCUT2D eigenvalue weighted by Crippen LogP contribution is 2.42. The molecule has 0 aliphatic heterocycles. The van der Waals surface area contributed by atoms with Crippen molar-refractivity contribution < 1.29 is 9.31 Å². The van der Waals surface area contributed by atoms with Crippen molar-refractivity contribution >= 4 is 22.4 Å². The molecule has 178 valence electrons. The Morgan fingerprint density at radius 1 is 1.20 bits per heavy atom. The first kappa shape index (κ1) is 22.9. The number of nitrogens with zero attached hydrogens (tertiary/aromatic N) is 3. The summed E-state index contributed by atoms with van der Waals surface area (Å²) in [6, 6.07) is 11.6. The van der Waals surface area contributed by atoms with Crippen LogP contribution in [0.15, 0.2) is 72.3 Å². The summed E-state index contributed by atoms with van der Waals surface area (Å²) in [5.74, 6) is 0.950. The van der Waals surface area contributed by atoms with Gasteiger partial charge in [0.1, 0.15) is 22.9 Å². The summed E-state index contributed by atoms with van der Waals surface area (Å²) in [6.45, 7) is 5.99. The molecule has 3 aromatic rings. The summed E-state index contributed by atoms with van der Waals surface area (Å²) in [5.41, 5.74) is 3.56. The number of nitrogens with one attached hydrogen (secondary N) is 1. The molecule has 7 heteroatoms. The summed E-state index contributed by atoms with van der Waals surface area (Å²) in [7, 11) is 0. The lowest BCUT2D eigenvalue weighted by Gasteiger charge is -2.30. The first-order chi connectivity index (χ1) is 16.8. The molecule has 0 amide bonds. The number of hydrogen-bond donors (Lipinski definition) is 1. The third kappa shape index (κ3) is 3.91. The van der Waals surface area contributed by atoms with Crippen LogP contribution in [0.25, 0.3) is 16.6 Å². The van der Waals surface area contributed by atoms with Crippen molar-refractivity contribution in [3.8, 4) is 0 Å². The molecule has 1 heterocycles. The maximum atomic E-state index is 14.3. The Labute approximate surface area is 203 Å². The van der Waals surface area contributed by atoms with Gasteiger partial charge in [0.25, 0.3) is 0 Å². The predicted molar refractivity (Wildman–Crippen MR) is 136 cm³/mol. The van der Waals surface area contributed by atoms with Crippen molar-refractivity contribution in [2.45, 2.75) is 51.0 Å². The Morgan fingerprint density at radius 3 is 2.77 bits per heavy atom. The SMILES string of the molecule is CCC1CC(C)=C(Nc2nc(C3(C)C=CC=CC3[N+](=O)[O-])nc3ccccc23)c2cc(F)ccc21. The van der Waals surface area contributed by atoms with E-state index in [4.69, 9.17) is 9.97 Å². The van der Waals surface area contributed by atoms with Crippen LogP contribution in [0.1, 0.15) is 56.5 Å². The molecular weight excluding hydrogens is 443 g/mol. The summed E-state index contributed by atoms with van der Waals surface area (Å²) < 4.78 is 14.3. The lowest BCUT2D eigenvalue weighted by atomic mass is 9.78. The van der Waals surface area contributed by atoms with Crippen molar-refractivity contribution in [2.24, 2.45) is 0 Å². The highest BCUT2D eigenvalue weighted by molar-refractivity contribution is 5.94. The number of hydrogen-bond acceptors (Lipinski definition) is 5. The molecule has 0 saturated carbocycles. The van der Waals surface area contributed by atoms with Crippen LogP contribution in [-0.4, -0.2) is 20.9 Å². The molecule has 1 N–H and O–H groups in total. The van der Waals surface area contributed by atoms with E-state index < -0.39 is 11.5 Å². The highest BCUT2D eigenvalue weighted by Gasteiger charge is 2.45. The van der Waals surface area contributed by atoms with Crippen molar-refractivity contribution in [2.75, 3.05) is 5.32 Å². The molecular formula is C28H27FN4O2. The minimum atomic E-state index is -1.02. The minimum absolute atomic E-state index is 0.290. The van der Waals surface area contributed by atoms with Crippen molar-refractivity contribution in [3.63, 3.8) is 0 Å². The number of benzene rings is 2. The zero-order chi connectivity index (χ0) is 24.7. The molecule has 35 heavy (non-hydrogen) atoms. The summed E-state index contributed by atoms with van der Waals surface area (Å²) in [6.07, 6.45) is 8.66. The lowest BCUT2D eigenvalue weighted by Crippen LogP contribution is -2.42. The van der Waals surface area contributed by atoms with Crippen molar-refractivity contribution in [1.82, 2.24) is 9.97 Å². The molecule has 1 aromatic heterocycles. The Morgan fingerprint density at radius 2 is 2.00 bits per heavy atom. The van der Waals surface area contributed by atoms with E-state index in [1.54, 1.807) is 37.3 Å². The van der Waals surface area contributed by atoms with Crippen LogP contribution in [0, 0.1) is 15.9 Å². The third-order valence-electron chi connectivity index (χ3n) is 7.21. The smallest absolute Gasteiger partial charge is 0.247 e. The second-order valence-electron chi connectivity index (χ2n) is 9.49. The Hall–Kier alpha value is -3.87. The summed E-state index contributed by atoms with van der Waals surface area (Å²) in [5, 5.41) is 16.2. The van der Waals surface area contributed by atoms with Crippen molar-refractivity contribution in [3.05, 3.63) is 105 Å². The first-order valence-corrected chi connectivity index (χ1v) is 11.8. The largest absolute Gasteiger partial charge is 0.339 e. The molecule has 0 radical (unpaired) electrons. The van der Waals surface area contributed by atoms with Gasteiger partial charge in [0.15, 0.2) is 0 Å². The predicted octanol–water partition coefficient (Wildman–Crippen LogP) is 6.54. The fourth-order valence-corrected chi connectivity index (χ4v) is 5.20. The van der Waals surface area contributed by atoms with Gasteiger partial charge in [0, 0.05) is 21.6 Å². The zero-order valence-corrected chi connectivity index (χ0v) is 20.0. The van der Waals surface area contributed by atoms with Gasteiger partial charge in [-0.05, 0) is 74.1 Å². The van der Waals surface area contributed by atoms with E-state index >= 15 is 0 Å². The Balaban J connectivity index is 1.67. The van der Waals surface area contributed by atoms with Gasteiger partial charge in [0.2, 0.25) is 6.04 Å². The van der Waals surface area contributed by atoms with Crippen LogP contribution in [0.3, 0.4) is 0 Å². The van der Waals surface area contributed by atoms with Gasteiger partial charge in [-0.1, -0.05) is 43.4 Å². The number of allylic oxidation sites excluding steroid dienone is 3. The topological polar surface area (TPSA) is 81.0 Å². The maximum absolute atomic E-state index is 14.3. The number of anilines is 1. The zero-order valence-electron chi connectivity index (χ0n) is 20.0. The molecule has 2 aliphatic rings. The number of para-hydroxylation sites is 1. The number of rotatable bonds is 5. The van der Waals surface area contributed by atoms with E-state index in [2.05, 4.69) is 19.2 Å². The average molecular weight is 471 g/mol. The third-order valence-corrected chi connectivity index (χ3v) is 7.21. The molecule has 2 aliphatic carbocycles. The second kappa shape index (κ2) is 8.73. The van der Waals surface area contributed by atoms with Crippen LogP contribution in [0.4, 0.5) is 10.2 Å². The number of aromatic nitrogens is 2. The van der Waals surface area contributed by atoms with Gasteiger partial charge in [-0.25, -0.2) is 14.4 Å². The van der Waals surface area contributed by atoms with Gasteiger partial charge in [-0.15, -0.1) is 0 Å². The first-order valence-electron chi connectivity index (χ1n) is 11.8. The average Bonchev–Trinajstić information content (AvgIpc) is 2.85. The van der Waals surface area contributed by atoms with Crippen LogP contribution >= 0.6 is 0 Å². The fraction of sp³-hybridized carbons (Fsp3) is 0.286. The molecule has 2 aromatic carbocycles. The number of nitro groups is 1. The van der Waals surface area contributed by atoms with Crippen molar-refractivity contribution in [1.29, 1.82) is 0 Å². The molecule has 0 bridgehead atoms. The second-order valence-corrected chi connectivity index (χ2v) is 9.49. The molecule has 6 nitrogen and oxygen atoms in total. The minimum Gasteiger partial charge on any atom is -0.339 e. The summed E-state index contributed by atoms with van der Waals surface area (Å²) in [4.78, 5) is 21.2. The molecule has 5 rings (SSSR count). The normalized spacial score (nSPS) is 23.4. The van der Waals surface area contributed by atoms with Gasteiger partial charge in [-0.3, -0.25) is 10.1 Å². The van der Waals surface area contributed by atoms with Gasteiger partial charge >= 0.3 is 0 Å². The van der Waals surface area contributed by atoms with Crippen LogP contribution < -0.4 is 5.32 Å². The number of fused-ring (bicyclic) bond motifs is 2. The van der Waals surface area contributed by atoms with Crippen LogP contribution in [0.2, 0.25) is 0 Å². The van der Waals surface area contributed by atoms with Crippen LogP contribution in [-0.2, 0) is 5.41 Å². The van der Waals surface area contributed by atoms with E-state index in [1.807, 2.05) is 30.3 Å². The quantitative estimate of drug-likeness (QED) is 0.338. The standard InChI is InChI=1S/C28H27FN4O2/c1-4-18-15-17(2)25(22-16-19(29)12-13-20(18)22)31-26-21-9-5-6-10-23(21)30-27(32-26)28(3)14-8-7-11-24(28)33(34)35/h5-14,16,18,24H,4,15H2,1-3H3,(H,30,31,32). The molecule has 0 fully saturated rings. The van der Waals surface area contributed by atoms with Crippen LogP contribution in [0.5, 0.6) is 0 Å². The highest BCUT2D eigenvalue weighted by atomic mass is 19.1. The Kier molecular flexibility index (Phi) is 5.71. The van der Waals surface area contributed by atoms with E-state index in [-0.39, 0.29) is 10.7 Å². The lowest BCUT2D eigenvalue weighted by molar-refractivity contribution is -0.518. The summed E-state index contributed by atoms with van der Waals surface area (Å²) >= 11 is 0. The molecule has 3 atom stereocenters. The Bertz CT molecular complexity index is 1430. The van der Waals surface area contributed by atoms with Gasteiger partial charge < -0.3 is 5.32 Å². The van der Waals surface area contributed by atoms with Gasteiger partial charge in [0.05, 0.1) is 5.52 Å². The van der Waals surface area contributed by atoms with E-state index in [1.165, 1.54) is 6.07 Å². The molecule has 0 spiro atoms. The monoisotopic (exact) mass is 470 g/mol.